The maximum Gasteiger partial charge on any atom is 0.325 e. The second kappa shape index (κ2) is 9.73. The normalized spacial score (nSPS) is 10.2. The Balaban J connectivity index is 1.77. The number of rotatable bonds is 6. The topological polar surface area (TPSA) is 84.5 Å². The zero-order chi connectivity index (χ0) is 20.0. The van der Waals surface area contributed by atoms with Gasteiger partial charge in [-0.05, 0) is 48.9 Å². The zero-order valence-corrected chi connectivity index (χ0v) is 17.2. The van der Waals surface area contributed by atoms with E-state index in [1.165, 1.54) is 18.2 Å². The third-order valence-electron chi connectivity index (χ3n) is 3.40. The molecule has 0 aliphatic rings. The van der Waals surface area contributed by atoms with Crippen LogP contribution in [0.5, 0.6) is 0 Å². The minimum Gasteiger partial charge on any atom is -0.454 e. The van der Waals surface area contributed by atoms with Gasteiger partial charge in [0.2, 0.25) is 0 Å². The second-order valence-electron chi connectivity index (χ2n) is 5.48. The minimum atomic E-state index is -0.744. The molecule has 0 heterocycles. The third kappa shape index (κ3) is 6.53. The summed E-state index contributed by atoms with van der Waals surface area (Å²) >= 11 is 15.0. The van der Waals surface area contributed by atoms with Crippen molar-refractivity contribution >= 4 is 62.6 Å². The number of hydrogen-bond donors (Lipinski definition) is 2. The van der Waals surface area contributed by atoms with Gasteiger partial charge >= 0.3 is 5.97 Å². The lowest BCUT2D eigenvalue weighted by Crippen LogP contribution is -2.32. The molecule has 27 heavy (non-hydrogen) atoms. The first-order valence-electron chi connectivity index (χ1n) is 7.71. The van der Waals surface area contributed by atoms with Gasteiger partial charge in [-0.3, -0.25) is 14.4 Å². The Morgan fingerprint density at radius 1 is 1.07 bits per heavy atom. The molecule has 2 amide bonds. The Kier molecular flexibility index (Phi) is 7.65. The SMILES string of the molecule is Cc1cc(Br)ccc1NC(=O)COC(=O)CNC(=O)c1ccc(Cl)c(Cl)c1. The fourth-order valence-corrected chi connectivity index (χ4v) is 2.82. The molecule has 9 heteroatoms. The summed E-state index contributed by atoms with van der Waals surface area (Å²) in [6.07, 6.45) is 0. The number of esters is 1. The van der Waals surface area contributed by atoms with Gasteiger partial charge in [0.15, 0.2) is 6.61 Å². The summed E-state index contributed by atoms with van der Waals surface area (Å²) in [7, 11) is 0. The third-order valence-corrected chi connectivity index (χ3v) is 4.63. The largest absolute Gasteiger partial charge is 0.454 e. The lowest BCUT2D eigenvalue weighted by Gasteiger charge is -2.10. The lowest BCUT2D eigenvalue weighted by molar-refractivity contribution is -0.146. The van der Waals surface area contributed by atoms with Crippen LogP contribution in [0.2, 0.25) is 10.0 Å². The average molecular weight is 474 g/mol. The maximum absolute atomic E-state index is 12.0. The van der Waals surface area contributed by atoms with Crippen molar-refractivity contribution in [1.82, 2.24) is 5.32 Å². The second-order valence-corrected chi connectivity index (χ2v) is 7.21. The highest BCUT2D eigenvalue weighted by molar-refractivity contribution is 9.10. The molecule has 0 fully saturated rings. The fraction of sp³-hybridized carbons (Fsp3) is 0.167. The molecule has 0 unspecified atom stereocenters. The Hall–Kier alpha value is -2.09. The summed E-state index contributed by atoms with van der Waals surface area (Å²) < 4.78 is 5.74. The fourth-order valence-electron chi connectivity index (χ4n) is 2.04. The highest BCUT2D eigenvalue weighted by atomic mass is 79.9. The number of benzene rings is 2. The summed E-state index contributed by atoms with van der Waals surface area (Å²) in [5.74, 6) is -1.74. The van der Waals surface area contributed by atoms with Gasteiger partial charge < -0.3 is 15.4 Å². The van der Waals surface area contributed by atoms with Gasteiger partial charge in [0.25, 0.3) is 11.8 Å². The van der Waals surface area contributed by atoms with E-state index in [2.05, 4.69) is 26.6 Å². The van der Waals surface area contributed by atoms with Crippen molar-refractivity contribution in [2.24, 2.45) is 0 Å². The first kappa shape index (κ1) is 21.2. The standard InChI is InChI=1S/C18H15BrCl2N2O4/c1-10-6-12(19)3-5-15(10)23-16(24)9-27-17(25)8-22-18(26)11-2-4-13(20)14(21)7-11/h2-7H,8-9H2,1H3,(H,22,26)(H,23,24). The Bertz CT molecular complexity index is 890. The number of ether oxygens (including phenoxy) is 1. The first-order valence-corrected chi connectivity index (χ1v) is 9.26. The van der Waals surface area contributed by atoms with Crippen LogP contribution in [0.25, 0.3) is 0 Å². The molecule has 0 saturated carbocycles. The van der Waals surface area contributed by atoms with Crippen LogP contribution < -0.4 is 10.6 Å². The molecule has 0 aliphatic carbocycles. The number of amides is 2. The Morgan fingerprint density at radius 2 is 1.81 bits per heavy atom. The van der Waals surface area contributed by atoms with E-state index < -0.39 is 24.4 Å². The summed E-state index contributed by atoms with van der Waals surface area (Å²) in [6.45, 7) is 0.992. The molecule has 2 aromatic carbocycles. The summed E-state index contributed by atoms with van der Waals surface area (Å²) in [5, 5.41) is 5.57. The van der Waals surface area contributed by atoms with Crippen molar-refractivity contribution in [3.05, 3.63) is 62.0 Å². The van der Waals surface area contributed by atoms with E-state index in [0.717, 1.165) is 10.0 Å². The van der Waals surface area contributed by atoms with Gasteiger partial charge in [-0.1, -0.05) is 39.1 Å². The number of anilines is 1. The maximum atomic E-state index is 12.0. The molecule has 2 N–H and O–H groups in total. The summed E-state index contributed by atoms with van der Waals surface area (Å²) in [5.41, 5.74) is 1.73. The van der Waals surface area contributed by atoms with Crippen molar-refractivity contribution in [3.8, 4) is 0 Å². The van der Waals surface area contributed by atoms with Gasteiger partial charge in [0, 0.05) is 15.7 Å². The monoisotopic (exact) mass is 472 g/mol. The zero-order valence-electron chi connectivity index (χ0n) is 14.1. The van der Waals surface area contributed by atoms with E-state index in [-0.39, 0.29) is 17.1 Å². The van der Waals surface area contributed by atoms with E-state index in [1.54, 1.807) is 12.1 Å². The number of carbonyl (C=O) groups is 3. The molecule has 0 radical (unpaired) electrons. The van der Waals surface area contributed by atoms with Crippen molar-refractivity contribution in [2.75, 3.05) is 18.5 Å². The van der Waals surface area contributed by atoms with Gasteiger partial charge in [-0.2, -0.15) is 0 Å². The molecule has 0 aromatic heterocycles. The predicted octanol–water partition coefficient (Wildman–Crippen LogP) is 3.98. The first-order chi connectivity index (χ1) is 12.8. The molecule has 142 valence electrons. The highest BCUT2D eigenvalue weighted by Crippen LogP contribution is 2.22. The number of nitrogens with one attached hydrogen (secondary N) is 2. The van der Waals surface area contributed by atoms with Crippen LogP contribution in [0.15, 0.2) is 40.9 Å². The van der Waals surface area contributed by atoms with Crippen LogP contribution in [0.3, 0.4) is 0 Å². The van der Waals surface area contributed by atoms with E-state index >= 15 is 0 Å². The van der Waals surface area contributed by atoms with E-state index in [4.69, 9.17) is 27.9 Å². The van der Waals surface area contributed by atoms with Gasteiger partial charge in [0.1, 0.15) is 6.54 Å². The van der Waals surface area contributed by atoms with Gasteiger partial charge in [-0.15, -0.1) is 0 Å². The van der Waals surface area contributed by atoms with Crippen LogP contribution in [-0.2, 0) is 14.3 Å². The van der Waals surface area contributed by atoms with Crippen LogP contribution in [-0.4, -0.2) is 30.9 Å². The van der Waals surface area contributed by atoms with E-state index in [0.29, 0.717) is 10.7 Å². The predicted molar refractivity (Wildman–Crippen MR) is 107 cm³/mol. The minimum absolute atomic E-state index is 0.229. The average Bonchev–Trinajstić information content (AvgIpc) is 2.62. The molecular weight excluding hydrogens is 459 g/mol. The van der Waals surface area contributed by atoms with Crippen LogP contribution in [0, 0.1) is 6.92 Å². The number of aryl methyl sites for hydroxylation is 1. The molecule has 2 rings (SSSR count). The van der Waals surface area contributed by atoms with Gasteiger partial charge in [0.05, 0.1) is 10.0 Å². The smallest absolute Gasteiger partial charge is 0.325 e. The van der Waals surface area contributed by atoms with Crippen molar-refractivity contribution in [1.29, 1.82) is 0 Å². The summed E-state index contributed by atoms with van der Waals surface area (Å²) in [4.78, 5) is 35.5. The highest BCUT2D eigenvalue weighted by Gasteiger charge is 2.12. The molecule has 6 nitrogen and oxygen atoms in total. The molecule has 0 spiro atoms. The van der Waals surface area contributed by atoms with Crippen LogP contribution >= 0.6 is 39.1 Å². The van der Waals surface area contributed by atoms with E-state index in [9.17, 15) is 14.4 Å². The van der Waals surface area contributed by atoms with Crippen molar-refractivity contribution < 1.29 is 19.1 Å². The van der Waals surface area contributed by atoms with Crippen molar-refractivity contribution in [3.63, 3.8) is 0 Å². The Morgan fingerprint density at radius 3 is 2.48 bits per heavy atom. The number of hydrogen-bond acceptors (Lipinski definition) is 4. The molecule has 0 atom stereocenters. The van der Waals surface area contributed by atoms with Gasteiger partial charge in [-0.25, -0.2) is 0 Å². The lowest BCUT2D eigenvalue weighted by atomic mass is 10.2. The quantitative estimate of drug-likeness (QED) is 0.621. The number of carbonyl (C=O) groups excluding carboxylic acids is 3. The Labute approximate surface area is 174 Å². The molecule has 0 aliphatic heterocycles. The number of halogens is 3. The van der Waals surface area contributed by atoms with Crippen molar-refractivity contribution in [2.45, 2.75) is 6.92 Å². The molecule has 2 aromatic rings. The summed E-state index contributed by atoms with van der Waals surface area (Å²) in [6, 6.07) is 9.71. The molecular formula is C18H15BrCl2N2O4. The molecule has 0 saturated heterocycles. The van der Waals surface area contributed by atoms with E-state index in [1.807, 2.05) is 13.0 Å². The molecule has 0 bridgehead atoms. The van der Waals surface area contributed by atoms with Crippen LogP contribution in [0.1, 0.15) is 15.9 Å². The van der Waals surface area contributed by atoms with Crippen LogP contribution in [0.4, 0.5) is 5.69 Å².